The molecule has 3 N–H and O–H groups in total. The smallest absolute Gasteiger partial charge is 0.336 e. The highest BCUT2D eigenvalue weighted by Crippen LogP contribution is 2.21. The van der Waals surface area contributed by atoms with E-state index in [9.17, 15) is 9.59 Å². The van der Waals surface area contributed by atoms with E-state index in [2.05, 4.69) is 26.2 Å². The molecule has 1 heterocycles. The first-order chi connectivity index (χ1) is 8.56. The number of thiazole rings is 1. The SMILES string of the molecule is O=C(O)c1ccc(NCc2csc(=O)[nH]2)cc1Br. The third kappa shape index (κ3) is 2.99. The van der Waals surface area contributed by atoms with Crippen LogP contribution in [-0.2, 0) is 6.54 Å². The number of halogens is 1. The largest absolute Gasteiger partial charge is 0.478 e. The van der Waals surface area contributed by atoms with Gasteiger partial charge in [0.25, 0.3) is 0 Å². The fraction of sp³-hybridized carbons (Fsp3) is 0.0909. The number of hydrogen-bond donors (Lipinski definition) is 3. The van der Waals surface area contributed by atoms with Crippen LogP contribution in [0.2, 0.25) is 0 Å². The van der Waals surface area contributed by atoms with Gasteiger partial charge in [0.1, 0.15) is 0 Å². The lowest BCUT2D eigenvalue weighted by atomic mass is 10.2. The molecule has 0 spiro atoms. The van der Waals surface area contributed by atoms with E-state index in [4.69, 9.17) is 5.11 Å². The van der Waals surface area contributed by atoms with Gasteiger partial charge in [-0.3, -0.25) is 4.79 Å². The summed E-state index contributed by atoms with van der Waals surface area (Å²) < 4.78 is 0.513. The molecule has 7 heteroatoms. The Bertz CT molecular complexity index is 635. The lowest BCUT2D eigenvalue weighted by Gasteiger charge is -2.06. The van der Waals surface area contributed by atoms with Gasteiger partial charge in [0, 0.05) is 21.2 Å². The zero-order chi connectivity index (χ0) is 13.1. The van der Waals surface area contributed by atoms with Gasteiger partial charge in [-0.15, -0.1) is 0 Å². The van der Waals surface area contributed by atoms with Gasteiger partial charge in [0.2, 0.25) is 0 Å². The van der Waals surface area contributed by atoms with E-state index >= 15 is 0 Å². The molecule has 0 aliphatic rings. The van der Waals surface area contributed by atoms with Gasteiger partial charge >= 0.3 is 10.8 Å². The van der Waals surface area contributed by atoms with Crippen molar-refractivity contribution in [3.63, 3.8) is 0 Å². The highest BCUT2D eigenvalue weighted by molar-refractivity contribution is 9.10. The fourth-order valence-electron chi connectivity index (χ4n) is 1.40. The number of aromatic carboxylic acids is 1. The van der Waals surface area contributed by atoms with Gasteiger partial charge < -0.3 is 15.4 Å². The number of nitrogens with one attached hydrogen (secondary N) is 2. The normalized spacial score (nSPS) is 10.3. The van der Waals surface area contributed by atoms with Gasteiger partial charge in [-0.25, -0.2) is 4.79 Å². The summed E-state index contributed by atoms with van der Waals surface area (Å²) in [5, 5.41) is 13.7. The Morgan fingerprint density at radius 1 is 1.50 bits per heavy atom. The van der Waals surface area contributed by atoms with Crippen LogP contribution in [0.4, 0.5) is 5.69 Å². The van der Waals surface area contributed by atoms with Crippen LogP contribution in [0.5, 0.6) is 0 Å². The number of benzene rings is 1. The Kier molecular flexibility index (Phi) is 3.83. The topological polar surface area (TPSA) is 82.2 Å². The van der Waals surface area contributed by atoms with E-state index in [1.54, 1.807) is 17.5 Å². The molecule has 18 heavy (non-hydrogen) atoms. The third-order valence-electron chi connectivity index (χ3n) is 2.25. The summed E-state index contributed by atoms with van der Waals surface area (Å²) in [6, 6.07) is 4.89. The molecule has 5 nitrogen and oxygen atoms in total. The number of H-pyrrole nitrogens is 1. The minimum Gasteiger partial charge on any atom is -0.478 e. The first-order valence-electron chi connectivity index (χ1n) is 4.99. The molecular weight excluding hydrogens is 320 g/mol. The predicted octanol–water partition coefficient (Wildman–Crippen LogP) is 2.51. The molecule has 0 unspecified atom stereocenters. The van der Waals surface area contributed by atoms with E-state index < -0.39 is 5.97 Å². The van der Waals surface area contributed by atoms with E-state index in [1.807, 2.05) is 0 Å². The number of carboxylic acids is 1. The summed E-state index contributed by atoms with van der Waals surface area (Å²) >= 11 is 4.31. The molecule has 0 bridgehead atoms. The number of rotatable bonds is 4. The molecule has 1 aromatic carbocycles. The molecule has 2 aromatic rings. The lowest BCUT2D eigenvalue weighted by molar-refractivity contribution is 0.0696. The molecule has 2 rings (SSSR count). The second-order valence-electron chi connectivity index (χ2n) is 3.53. The molecule has 94 valence electrons. The average Bonchev–Trinajstić information content (AvgIpc) is 2.72. The number of carbonyl (C=O) groups is 1. The van der Waals surface area contributed by atoms with Gasteiger partial charge in [0.15, 0.2) is 0 Å². The van der Waals surface area contributed by atoms with Crippen molar-refractivity contribution >= 4 is 38.9 Å². The van der Waals surface area contributed by atoms with E-state index in [0.717, 1.165) is 22.7 Å². The van der Waals surface area contributed by atoms with Crippen molar-refractivity contribution in [3.05, 3.63) is 49.0 Å². The van der Waals surface area contributed by atoms with Gasteiger partial charge in [-0.2, -0.15) is 0 Å². The average molecular weight is 329 g/mol. The van der Waals surface area contributed by atoms with Crippen LogP contribution in [0, 0.1) is 0 Å². The molecule has 0 aliphatic heterocycles. The van der Waals surface area contributed by atoms with Crippen LogP contribution in [-0.4, -0.2) is 16.1 Å². The fourth-order valence-corrected chi connectivity index (χ4v) is 2.53. The van der Waals surface area contributed by atoms with Crippen molar-refractivity contribution in [1.29, 1.82) is 0 Å². The minimum atomic E-state index is -0.976. The second kappa shape index (κ2) is 5.36. The molecule has 0 aliphatic carbocycles. The molecule has 0 amide bonds. The zero-order valence-electron chi connectivity index (χ0n) is 9.07. The number of hydrogen-bond acceptors (Lipinski definition) is 4. The van der Waals surface area contributed by atoms with E-state index in [1.165, 1.54) is 6.07 Å². The Hall–Kier alpha value is -1.60. The minimum absolute atomic E-state index is 0.0887. The monoisotopic (exact) mass is 328 g/mol. The van der Waals surface area contributed by atoms with Crippen LogP contribution < -0.4 is 10.2 Å². The highest BCUT2D eigenvalue weighted by atomic mass is 79.9. The van der Waals surface area contributed by atoms with Gasteiger partial charge in [-0.1, -0.05) is 11.3 Å². The quantitative estimate of drug-likeness (QED) is 0.805. The lowest BCUT2D eigenvalue weighted by Crippen LogP contribution is -2.04. The van der Waals surface area contributed by atoms with Crippen molar-refractivity contribution in [2.45, 2.75) is 6.54 Å². The van der Waals surface area contributed by atoms with Crippen LogP contribution in [0.25, 0.3) is 0 Å². The molecule has 0 saturated heterocycles. The highest BCUT2D eigenvalue weighted by Gasteiger charge is 2.08. The Morgan fingerprint density at radius 2 is 2.28 bits per heavy atom. The van der Waals surface area contributed by atoms with Gasteiger partial charge in [0.05, 0.1) is 12.1 Å². The second-order valence-corrected chi connectivity index (χ2v) is 5.22. The molecule has 0 saturated carbocycles. The standard InChI is InChI=1S/C11H9BrN2O3S/c12-9-3-6(1-2-8(9)10(15)16)13-4-7-5-18-11(17)14-7/h1-3,5,13H,4H2,(H,14,17)(H,15,16). The maximum absolute atomic E-state index is 10.9. The van der Waals surface area contributed by atoms with Crippen LogP contribution >= 0.6 is 27.3 Å². The van der Waals surface area contributed by atoms with E-state index in [0.29, 0.717) is 11.0 Å². The van der Waals surface area contributed by atoms with Crippen molar-refractivity contribution in [3.8, 4) is 0 Å². The van der Waals surface area contributed by atoms with Crippen molar-refractivity contribution < 1.29 is 9.90 Å². The molecule has 0 atom stereocenters. The molecular formula is C11H9BrN2O3S. The maximum atomic E-state index is 10.9. The zero-order valence-corrected chi connectivity index (χ0v) is 11.5. The Balaban J connectivity index is 2.08. The molecule has 0 fully saturated rings. The maximum Gasteiger partial charge on any atom is 0.336 e. The van der Waals surface area contributed by atoms with Crippen LogP contribution in [0.1, 0.15) is 16.1 Å². The molecule has 1 aromatic heterocycles. The number of carboxylic acid groups (broad SMARTS) is 1. The van der Waals surface area contributed by atoms with Crippen molar-refractivity contribution in [1.82, 2.24) is 4.98 Å². The number of aromatic amines is 1. The first kappa shape index (κ1) is 12.8. The number of anilines is 1. The summed E-state index contributed by atoms with van der Waals surface area (Å²) in [6.07, 6.45) is 0. The van der Waals surface area contributed by atoms with E-state index in [-0.39, 0.29) is 10.4 Å². The van der Waals surface area contributed by atoms with Crippen LogP contribution in [0.3, 0.4) is 0 Å². The van der Waals surface area contributed by atoms with Crippen LogP contribution in [0.15, 0.2) is 32.8 Å². The molecule has 0 radical (unpaired) electrons. The van der Waals surface area contributed by atoms with Gasteiger partial charge in [-0.05, 0) is 34.1 Å². The summed E-state index contributed by atoms with van der Waals surface area (Å²) in [5.74, 6) is -0.976. The summed E-state index contributed by atoms with van der Waals surface area (Å²) in [6.45, 7) is 0.484. The third-order valence-corrected chi connectivity index (χ3v) is 3.63. The Labute approximate surface area is 115 Å². The van der Waals surface area contributed by atoms with Crippen molar-refractivity contribution in [2.24, 2.45) is 0 Å². The number of aromatic nitrogens is 1. The van der Waals surface area contributed by atoms with Crippen molar-refractivity contribution in [2.75, 3.05) is 5.32 Å². The summed E-state index contributed by atoms with van der Waals surface area (Å²) in [7, 11) is 0. The first-order valence-corrected chi connectivity index (χ1v) is 6.67. The predicted molar refractivity (Wildman–Crippen MR) is 73.4 cm³/mol. The Morgan fingerprint density at radius 3 is 2.83 bits per heavy atom. The summed E-state index contributed by atoms with van der Waals surface area (Å²) in [5.41, 5.74) is 1.78. The summed E-state index contributed by atoms with van der Waals surface area (Å²) in [4.78, 5) is 24.4.